The van der Waals surface area contributed by atoms with E-state index in [1.165, 1.54) is 11.0 Å². The molecule has 1 aromatic heterocycles. The predicted molar refractivity (Wildman–Crippen MR) is 80.4 cm³/mol. The van der Waals surface area contributed by atoms with Crippen LogP contribution < -0.4 is 14.8 Å². The van der Waals surface area contributed by atoms with Crippen LogP contribution in [0.5, 0.6) is 0 Å². The Hall–Kier alpha value is -1.86. The number of H-pyrrole nitrogens is 1. The zero-order chi connectivity index (χ0) is 16.4. The van der Waals surface area contributed by atoms with Gasteiger partial charge in [-0.1, -0.05) is 12.1 Å². The lowest BCUT2D eigenvalue weighted by Gasteiger charge is -2.33. The summed E-state index contributed by atoms with van der Waals surface area (Å²) in [5, 5.41) is 9.80. The number of benzene rings is 1. The molecule has 0 saturated carbocycles. The molecule has 0 aliphatic carbocycles. The molecule has 4 nitrogen and oxygen atoms in total. The van der Waals surface area contributed by atoms with E-state index in [-0.39, 0.29) is 6.61 Å². The Morgan fingerprint density at radius 2 is 1.87 bits per heavy atom. The number of aliphatic hydroxyl groups is 1. The molecule has 2 heterocycles. The summed E-state index contributed by atoms with van der Waals surface area (Å²) in [6.07, 6.45) is -4.40. The number of rotatable bonds is 3. The molecule has 0 radical (unpaired) electrons. The van der Waals surface area contributed by atoms with Crippen molar-refractivity contribution in [1.29, 1.82) is 0 Å². The summed E-state index contributed by atoms with van der Waals surface area (Å²) in [5.74, 6) is 0. The van der Waals surface area contributed by atoms with E-state index >= 15 is 0 Å². The first-order chi connectivity index (χ1) is 11.0. The number of anilines is 1. The number of piperazine rings is 1. The van der Waals surface area contributed by atoms with Crippen molar-refractivity contribution in [1.82, 2.24) is 0 Å². The molecule has 0 atom stereocenters. The van der Waals surface area contributed by atoms with Gasteiger partial charge in [0.2, 0.25) is 5.52 Å². The van der Waals surface area contributed by atoms with Crippen LogP contribution in [-0.2, 0) is 6.18 Å². The highest BCUT2D eigenvalue weighted by Crippen LogP contribution is 2.32. The highest BCUT2D eigenvalue weighted by atomic mass is 19.4. The van der Waals surface area contributed by atoms with Gasteiger partial charge in [-0.3, -0.25) is 0 Å². The third kappa shape index (κ3) is 3.40. The molecule has 3 N–H and O–H groups in total. The summed E-state index contributed by atoms with van der Waals surface area (Å²) in [6, 6.07) is 8.28. The molecular formula is C16H20F3N3O+2. The third-order valence-corrected chi connectivity index (χ3v) is 4.34. The number of nitrogens with zero attached hydrogens (tertiary/aromatic N) is 1. The Labute approximate surface area is 132 Å². The molecule has 7 heteroatoms. The van der Waals surface area contributed by atoms with Crippen LogP contribution in [0.15, 0.2) is 30.3 Å². The van der Waals surface area contributed by atoms with Crippen molar-refractivity contribution < 1.29 is 28.2 Å². The highest BCUT2D eigenvalue weighted by molar-refractivity contribution is 5.89. The number of quaternary nitrogens is 1. The summed E-state index contributed by atoms with van der Waals surface area (Å²) in [4.78, 5) is 5.78. The maximum atomic E-state index is 13.1. The fraction of sp³-hybridized carbons (Fsp3) is 0.438. The number of halogens is 3. The van der Waals surface area contributed by atoms with Gasteiger partial charge in [-0.05, 0) is 6.07 Å². The number of fused-ring (bicyclic) bond motifs is 1. The molecule has 23 heavy (non-hydrogen) atoms. The maximum absolute atomic E-state index is 13.1. The van der Waals surface area contributed by atoms with E-state index in [4.69, 9.17) is 5.11 Å². The Bertz CT molecular complexity index is 682. The number of para-hydroxylation sites is 1. The van der Waals surface area contributed by atoms with Gasteiger partial charge >= 0.3 is 6.18 Å². The van der Waals surface area contributed by atoms with Crippen LogP contribution in [0.1, 0.15) is 5.69 Å². The van der Waals surface area contributed by atoms with Gasteiger partial charge in [-0.15, -0.1) is 0 Å². The molecule has 1 aliphatic rings. The quantitative estimate of drug-likeness (QED) is 0.855. The molecule has 124 valence electrons. The first kappa shape index (κ1) is 16.0. The second-order valence-electron chi connectivity index (χ2n) is 5.82. The van der Waals surface area contributed by atoms with Gasteiger partial charge in [0.1, 0.15) is 6.54 Å². The average molecular weight is 327 g/mol. The molecule has 1 saturated heterocycles. The van der Waals surface area contributed by atoms with E-state index in [1.54, 1.807) is 12.1 Å². The van der Waals surface area contributed by atoms with E-state index < -0.39 is 11.9 Å². The SMILES string of the molecule is OCC[NH+]1CCN(c2cc(C(F)(F)F)[nH+]c3ccccc23)CC1. The summed E-state index contributed by atoms with van der Waals surface area (Å²) in [5.41, 5.74) is 0.383. The standard InChI is InChI=1S/C16H18F3N3O/c17-16(18,19)15-11-14(12-3-1-2-4-13(12)20-15)22-7-5-21(6-8-22)9-10-23/h1-4,11,23H,5-10H2/p+2. The third-order valence-electron chi connectivity index (χ3n) is 4.34. The minimum absolute atomic E-state index is 0.136. The van der Waals surface area contributed by atoms with Crippen LogP contribution in [0.2, 0.25) is 0 Å². The molecule has 1 fully saturated rings. The first-order valence-corrected chi connectivity index (χ1v) is 7.70. The van der Waals surface area contributed by atoms with Gasteiger partial charge in [-0.2, -0.15) is 13.2 Å². The van der Waals surface area contributed by atoms with Crippen molar-refractivity contribution in [3.8, 4) is 0 Å². The maximum Gasteiger partial charge on any atom is 0.477 e. The lowest BCUT2D eigenvalue weighted by atomic mass is 10.1. The number of nitrogens with one attached hydrogen (secondary N) is 2. The Morgan fingerprint density at radius 3 is 2.52 bits per heavy atom. The van der Waals surface area contributed by atoms with E-state index in [0.717, 1.165) is 18.5 Å². The van der Waals surface area contributed by atoms with E-state index in [1.807, 2.05) is 17.0 Å². The molecular weight excluding hydrogens is 307 g/mol. The number of alkyl halides is 3. The first-order valence-electron chi connectivity index (χ1n) is 7.70. The molecule has 1 aromatic carbocycles. The number of aromatic nitrogens is 1. The van der Waals surface area contributed by atoms with Gasteiger partial charge in [0.15, 0.2) is 0 Å². The number of aromatic amines is 1. The second-order valence-corrected chi connectivity index (χ2v) is 5.82. The van der Waals surface area contributed by atoms with Crippen LogP contribution in [-0.4, -0.2) is 44.4 Å². The van der Waals surface area contributed by atoms with Crippen molar-refractivity contribution in [3.63, 3.8) is 0 Å². The molecule has 0 bridgehead atoms. The zero-order valence-corrected chi connectivity index (χ0v) is 12.7. The molecule has 1 aliphatic heterocycles. The molecule has 2 aromatic rings. The van der Waals surface area contributed by atoms with Crippen LogP contribution in [0.4, 0.5) is 18.9 Å². The largest absolute Gasteiger partial charge is 0.477 e. The highest BCUT2D eigenvalue weighted by Gasteiger charge is 2.39. The van der Waals surface area contributed by atoms with Crippen molar-refractivity contribution in [2.75, 3.05) is 44.2 Å². The molecule has 0 unspecified atom stereocenters. The normalized spacial score (nSPS) is 17.0. The Kier molecular flexibility index (Phi) is 4.41. The van der Waals surface area contributed by atoms with Crippen molar-refractivity contribution in [2.24, 2.45) is 0 Å². The van der Waals surface area contributed by atoms with Gasteiger partial charge in [0.05, 0.1) is 43.9 Å². The van der Waals surface area contributed by atoms with Gasteiger partial charge in [0, 0.05) is 12.1 Å². The van der Waals surface area contributed by atoms with Gasteiger partial charge in [0.25, 0.3) is 5.69 Å². The lowest BCUT2D eigenvalue weighted by molar-refractivity contribution is -0.900. The van der Waals surface area contributed by atoms with E-state index in [0.29, 0.717) is 30.8 Å². The van der Waals surface area contributed by atoms with Crippen molar-refractivity contribution in [3.05, 3.63) is 36.0 Å². The van der Waals surface area contributed by atoms with E-state index in [2.05, 4.69) is 4.98 Å². The number of aliphatic hydroxyl groups excluding tert-OH is 1. The molecule has 0 amide bonds. The number of pyridine rings is 1. The summed E-state index contributed by atoms with van der Waals surface area (Å²) in [7, 11) is 0. The second kappa shape index (κ2) is 6.33. The van der Waals surface area contributed by atoms with Gasteiger partial charge < -0.3 is 14.9 Å². The van der Waals surface area contributed by atoms with Crippen molar-refractivity contribution in [2.45, 2.75) is 6.18 Å². The summed E-state index contributed by atoms with van der Waals surface area (Å²) in [6.45, 7) is 3.81. The van der Waals surface area contributed by atoms with Crippen LogP contribution in [0.25, 0.3) is 10.9 Å². The van der Waals surface area contributed by atoms with Crippen LogP contribution in [0.3, 0.4) is 0 Å². The van der Waals surface area contributed by atoms with Crippen LogP contribution >= 0.6 is 0 Å². The minimum atomic E-state index is -4.40. The van der Waals surface area contributed by atoms with Crippen molar-refractivity contribution >= 4 is 16.6 Å². The number of hydrogen-bond donors (Lipinski definition) is 2. The Balaban J connectivity index is 1.96. The number of hydrogen-bond acceptors (Lipinski definition) is 2. The topological polar surface area (TPSA) is 42.1 Å². The molecule has 0 spiro atoms. The minimum Gasteiger partial charge on any atom is -0.391 e. The van der Waals surface area contributed by atoms with Crippen LogP contribution in [0, 0.1) is 0 Å². The summed E-state index contributed by atoms with van der Waals surface area (Å²) < 4.78 is 39.4. The van der Waals surface area contributed by atoms with Gasteiger partial charge in [-0.25, -0.2) is 4.98 Å². The fourth-order valence-corrected chi connectivity index (χ4v) is 3.10. The molecule has 3 rings (SSSR count). The lowest BCUT2D eigenvalue weighted by Crippen LogP contribution is -3.15. The zero-order valence-electron chi connectivity index (χ0n) is 12.7. The fourth-order valence-electron chi connectivity index (χ4n) is 3.10. The average Bonchev–Trinajstić information content (AvgIpc) is 2.54. The predicted octanol–water partition coefficient (Wildman–Crippen LogP) is 0.370. The summed E-state index contributed by atoms with van der Waals surface area (Å²) >= 11 is 0. The monoisotopic (exact) mass is 327 g/mol. The Morgan fingerprint density at radius 1 is 1.17 bits per heavy atom. The van der Waals surface area contributed by atoms with E-state index in [9.17, 15) is 13.2 Å². The smallest absolute Gasteiger partial charge is 0.391 e.